The number of unbranched alkanes of at least 4 members (excludes halogenated alkanes) is 3. The lowest BCUT2D eigenvalue weighted by Gasteiger charge is -2.19. The summed E-state index contributed by atoms with van der Waals surface area (Å²) in [6.45, 7) is 2.11. The zero-order chi connectivity index (χ0) is 25.0. The third-order valence-electron chi connectivity index (χ3n) is 6.23. The van der Waals surface area contributed by atoms with Crippen LogP contribution >= 0.6 is 0 Å². The van der Waals surface area contributed by atoms with Gasteiger partial charge in [-0.05, 0) is 43.7 Å². The third-order valence-corrected chi connectivity index (χ3v) is 7.62. The second-order valence-corrected chi connectivity index (χ2v) is 10.7. The van der Waals surface area contributed by atoms with Gasteiger partial charge < -0.3 is 15.3 Å². The van der Waals surface area contributed by atoms with Crippen molar-refractivity contribution in [3.8, 4) is 0 Å². The molecule has 0 unspecified atom stereocenters. The molecule has 1 aliphatic carbocycles. The number of aliphatic hydroxyl groups excluding tert-OH is 3. The van der Waals surface area contributed by atoms with E-state index >= 15 is 0 Å². The van der Waals surface area contributed by atoms with E-state index in [1.54, 1.807) is 24.3 Å². The summed E-state index contributed by atoms with van der Waals surface area (Å²) in [7, 11) is -3.85. The summed E-state index contributed by atoms with van der Waals surface area (Å²) < 4.78 is 26.4. The van der Waals surface area contributed by atoms with E-state index < -0.39 is 34.2 Å². The summed E-state index contributed by atoms with van der Waals surface area (Å²) in [4.78, 5) is 12.1. The van der Waals surface area contributed by atoms with Gasteiger partial charge in [0.2, 0.25) is 5.91 Å². The van der Waals surface area contributed by atoms with Crippen LogP contribution in [0.5, 0.6) is 0 Å². The van der Waals surface area contributed by atoms with Crippen LogP contribution in [0.1, 0.15) is 64.7 Å². The maximum Gasteiger partial charge on any atom is 0.264 e. The lowest BCUT2D eigenvalue weighted by Crippen LogP contribution is -2.30. The van der Waals surface area contributed by atoms with Gasteiger partial charge in [-0.25, -0.2) is 13.1 Å². The van der Waals surface area contributed by atoms with Gasteiger partial charge in [0.15, 0.2) is 0 Å². The molecule has 0 spiro atoms. The minimum atomic E-state index is -3.85. The summed E-state index contributed by atoms with van der Waals surface area (Å²) in [5.41, 5.74) is 0. The minimum Gasteiger partial charge on any atom is -0.393 e. The molecule has 5 atom stereocenters. The van der Waals surface area contributed by atoms with Crippen molar-refractivity contribution < 1.29 is 28.5 Å². The largest absolute Gasteiger partial charge is 0.393 e. The highest BCUT2D eigenvalue weighted by Crippen LogP contribution is 2.36. The number of rotatable bonds is 14. The molecule has 0 heterocycles. The number of benzene rings is 1. The van der Waals surface area contributed by atoms with E-state index in [0.29, 0.717) is 32.1 Å². The Hall–Kier alpha value is -2.00. The van der Waals surface area contributed by atoms with Crippen molar-refractivity contribution in [1.29, 1.82) is 0 Å². The van der Waals surface area contributed by atoms with Gasteiger partial charge in [0, 0.05) is 18.8 Å². The zero-order valence-corrected chi connectivity index (χ0v) is 20.7. The van der Waals surface area contributed by atoms with Gasteiger partial charge in [-0.15, -0.1) is 0 Å². The van der Waals surface area contributed by atoms with Gasteiger partial charge in [0.25, 0.3) is 10.0 Å². The second-order valence-electron chi connectivity index (χ2n) is 9.00. The van der Waals surface area contributed by atoms with Gasteiger partial charge in [-0.3, -0.25) is 4.79 Å². The van der Waals surface area contributed by atoms with E-state index in [0.717, 1.165) is 19.3 Å². The maximum atomic E-state index is 12.2. The van der Waals surface area contributed by atoms with E-state index in [1.807, 2.05) is 18.2 Å². The predicted octanol–water partition coefficient (Wildman–Crippen LogP) is 3.46. The van der Waals surface area contributed by atoms with Crippen molar-refractivity contribution in [2.24, 2.45) is 11.8 Å². The molecule has 0 bridgehead atoms. The summed E-state index contributed by atoms with van der Waals surface area (Å²) in [6.07, 6.45) is 11.5. The molecule has 4 N–H and O–H groups in total. The Balaban J connectivity index is 1.75. The van der Waals surface area contributed by atoms with Crippen LogP contribution in [0.4, 0.5) is 0 Å². The number of sulfonamides is 1. The summed E-state index contributed by atoms with van der Waals surface area (Å²) >= 11 is 0. The molecule has 0 radical (unpaired) electrons. The molecule has 1 fully saturated rings. The molecule has 190 valence electrons. The fourth-order valence-electron chi connectivity index (χ4n) is 4.27. The Labute approximate surface area is 203 Å². The van der Waals surface area contributed by atoms with Gasteiger partial charge in [-0.1, -0.05) is 68.7 Å². The first-order valence-electron chi connectivity index (χ1n) is 12.2. The molecule has 7 nitrogen and oxygen atoms in total. The van der Waals surface area contributed by atoms with Crippen LogP contribution in [-0.2, 0) is 14.8 Å². The molecule has 1 aliphatic rings. The number of hydrogen-bond acceptors (Lipinski definition) is 6. The van der Waals surface area contributed by atoms with Crippen LogP contribution < -0.4 is 4.72 Å². The monoisotopic (exact) mass is 493 g/mol. The predicted molar refractivity (Wildman–Crippen MR) is 132 cm³/mol. The molecule has 2 rings (SSSR count). The van der Waals surface area contributed by atoms with Crippen LogP contribution in [0.3, 0.4) is 0 Å². The third kappa shape index (κ3) is 9.33. The number of nitrogens with one attached hydrogen (secondary N) is 1. The molecule has 1 saturated carbocycles. The van der Waals surface area contributed by atoms with E-state index in [4.69, 9.17) is 0 Å². The first-order chi connectivity index (χ1) is 16.2. The van der Waals surface area contributed by atoms with Gasteiger partial charge >= 0.3 is 0 Å². The van der Waals surface area contributed by atoms with Gasteiger partial charge in [0.05, 0.1) is 23.2 Å². The Morgan fingerprint density at radius 2 is 1.85 bits per heavy atom. The number of hydrogen-bond donors (Lipinski definition) is 4. The first kappa shape index (κ1) is 28.2. The van der Waals surface area contributed by atoms with Crippen molar-refractivity contribution in [3.05, 3.63) is 54.6 Å². The molecule has 0 saturated heterocycles. The van der Waals surface area contributed by atoms with E-state index in [9.17, 15) is 28.5 Å². The minimum absolute atomic E-state index is 0.0534. The molecule has 1 amide bonds. The number of allylic oxidation sites excluding steroid dienone is 2. The number of carbonyl (C=O) groups excluding carboxylic acids is 1. The van der Waals surface area contributed by atoms with Crippen molar-refractivity contribution in [1.82, 2.24) is 4.72 Å². The Morgan fingerprint density at radius 3 is 2.56 bits per heavy atom. The van der Waals surface area contributed by atoms with Crippen molar-refractivity contribution in [2.45, 2.75) is 87.9 Å². The lowest BCUT2D eigenvalue weighted by molar-refractivity contribution is -0.119. The average molecular weight is 494 g/mol. The highest BCUT2D eigenvalue weighted by Gasteiger charge is 2.39. The molecule has 1 aromatic carbocycles. The lowest BCUT2D eigenvalue weighted by atomic mass is 9.89. The normalized spacial score (nSPS) is 24.1. The SMILES string of the molecule is CCCCC[C@H](O)/C=C/[C@@H]1[C@@H](C/C=C/CCCC(=O)NS(=O)(=O)c2ccccc2)[C@@H](O)C[C@H]1O. The highest BCUT2D eigenvalue weighted by molar-refractivity contribution is 7.90. The van der Waals surface area contributed by atoms with Gasteiger partial charge in [0.1, 0.15) is 0 Å². The topological polar surface area (TPSA) is 124 Å². The second kappa shape index (κ2) is 14.4. The van der Waals surface area contributed by atoms with E-state index in [2.05, 4.69) is 11.6 Å². The smallest absolute Gasteiger partial charge is 0.264 e. The Bertz CT molecular complexity index is 899. The number of amides is 1. The van der Waals surface area contributed by atoms with Crippen molar-refractivity contribution in [2.75, 3.05) is 0 Å². The summed E-state index contributed by atoms with van der Waals surface area (Å²) in [5, 5.41) is 30.8. The standard InChI is InChI=1S/C26H39NO6S/c1-2-3-7-12-20(28)17-18-23-22(24(29)19-25(23)30)15-10-4-5-11-16-26(31)27-34(32,33)21-13-8-6-9-14-21/h4,6,8-10,13-14,17-18,20,22-25,28-30H,2-3,5,7,11-12,15-16,19H2,1H3,(H,27,31)/b10-4+,18-17+/t20-,22+,23+,24-,25+/m0/s1. The van der Waals surface area contributed by atoms with Crippen LogP contribution in [0.2, 0.25) is 0 Å². The van der Waals surface area contributed by atoms with Crippen molar-refractivity contribution >= 4 is 15.9 Å². The van der Waals surface area contributed by atoms with E-state index in [1.165, 1.54) is 12.1 Å². The average Bonchev–Trinajstić information content (AvgIpc) is 3.07. The van der Waals surface area contributed by atoms with Crippen LogP contribution in [0, 0.1) is 11.8 Å². The zero-order valence-electron chi connectivity index (χ0n) is 19.9. The number of aliphatic hydroxyl groups is 3. The quantitative estimate of drug-likeness (QED) is 0.232. The molecular formula is C26H39NO6S. The van der Waals surface area contributed by atoms with Crippen LogP contribution in [0.25, 0.3) is 0 Å². The Kier molecular flexibility index (Phi) is 12.0. The van der Waals surface area contributed by atoms with Crippen molar-refractivity contribution in [3.63, 3.8) is 0 Å². The summed E-state index contributed by atoms with van der Waals surface area (Å²) in [5.74, 6) is -0.895. The number of carbonyl (C=O) groups is 1. The van der Waals surface area contributed by atoms with Gasteiger partial charge in [-0.2, -0.15) is 0 Å². The molecular weight excluding hydrogens is 454 g/mol. The van der Waals surface area contributed by atoms with Crippen LogP contribution in [0.15, 0.2) is 59.5 Å². The van der Waals surface area contributed by atoms with E-state index in [-0.39, 0.29) is 23.2 Å². The Morgan fingerprint density at radius 1 is 1.12 bits per heavy atom. The summed E-state index contributed by atoms with van der Waals surface area (Å²) in [6, 6.07) is 7.76. The maximum absolute atomic E-state index is 12.2. The fraction of sp³-hybridized carbons (Fsp3) is 0.577. The highest BCUT2D eigenvalue weighted by atomic mass is 32.2. The van der Waals surface area contributed by atoms with Crippen LogP contribution in [-0.4, -0.2) is 48.0 Å². The molecule has 8 heteroatoms. The first-order valence-corrected chi connectivity index (χ1v) is 13.7. The molecule has 0 aromatic heterocycles. The molecule has 1 aromatic rings. The molecule has 34 heavy (non-hydrogen) atoms. The molecule has 0 aliphatic heterocycles. The fourth-order valence-corrected chi connectivity index (χ4v) is 5.31.